The maximum absolute atomic E-state index is 5.51. The Morgan fingerprint density at radius 2 is 2.60 bits per heavy atom. The first kappa shape index (κ1) is 5.49. The molecule has 4 heteroatoms. The van der Waals surface area contributed by atoms with Crippen LogP contribution in [0.15, 0.2) is 12.5 Å². The molecule has 10 heavy (non-hydrogen) atoms. The minimum absolute atomic E-state index is 0.714. The van der Waals surface area contributed by atoms with Gasteiger partial charge in [-0.15, -0.1) is 0 Å². The molecule has 0 spiro atoms. The second-order valence-corrected chi connectivity index (χ2v) is 2.25. The molecular weight excluding hydrogens is 128 g/mol. The Labute approximate surface area is 58.3 Å². The van der Waals surface area contributed by atoms with Crippen LogP contribution in [0, 0.1) is 0 Å². The summed E-state index contributed by atoms with van der Waals surface area (Å²) < 4.78 is 0. The fourth-order valence-electron chi connectivity index (χ4n) is 1.00. The molecule has 0 radical (unpaired) electrons. The average Bonchev–Trinajstić information content (AvgIpc) is 2.33. The van der Waals surface area contributed by atoms with Crippen LogP contribution >= 0.6 is 0 Å². The van der Waals surface area contributed by atoms with Gasteiger partial charge in [-0.25, -0.2) is 10.8 Å². The van der Waals surface area contributed by atoms with E-state index >= 15 is 0 Å². The van der Waals surface area contributed by atoms with Crippen molar-refractivity contribution in [1.29, 1.82) is 0 Å². The second kappa shape index (κ2) is 1.85. The van der Waals surface area contributed by atoms with Crippen molar-refractivity contribution in [2.75, 3.05) is 0 Å². The molecule has 0 fully saturated rings. The van der Waals surface area contributed by atoms with E-state index in [0.29, 0.717) is 6.54 Å². The van der Waals surface area contributed by atoms with Crippen molar-refractivity contribution < 1.29 is 0 Å². The molecule has 52 valence electrons. The molecule has 0 atom stereocenters. The lowest BCUT2D eigenvalue weighted by atomic mass is 10.2. The van der Waals surface area contributed by atoms with Crippen molar-refractivity contribution in [3.05, 3.63) is 23.9 Å². The number of hydrazine groups is 1. The van der Waals surface area contributed by atoms with Gasteiger partial charge in [-0.05, 0) is 6.08 Å². The van der Waals surface area contributed by atoms with Crippen LogP contribution in [0.25, 0.3) is 6.08 Å². The van der Waals surface area contributed by atoms with Gasteiger partial charge in [0.05, 0.1) is 24.3 Å². The van der Waals surface area contributed by atoms with E-state index < -0.39 is 0 Å². The van der Waals surface area contributed by atoms with Crippen molar-refractivity contribution in [3.8, 4) is 0 Å². The predicted octanol–water partition coefficient (Wildman–Crippen LogP) is 0.0697. The summed E-state index contributed by atoms with van der Waals surface area (Å²) in [6, 6.07) is 0. The lowest BCUT2D eigenvalue weighted by molar-refractivity contribution is 0.379. The number of rotatable bonds is 0. The van der Waals surface area contributed by atoms with Crippen LogP contribution in [-0.2, 0) is 6.54 Å². The monoisotopic (exact) mass is 136 g/mol. The van der Waals surface area contributed by atoms with Crippen molar-refractivity contribution in [2.45, 2.75) is 6.54 Å². The third-order valence-corrected chi connectivity index (χ3v) is 1.52. The second-order valence-electron chi connectivity index (χ2n) is 2.25. The molecule has 0 amide bonds. The van der Waals surface area contributed by atoms with E-state index in [-0.39, 0.29) is 0 Å². The molecule has 0 saturated carbocycles. The van der Waals surface area contributed by atoms with Gasteiger partial charge < -0.3 is 9.99 Å². The Balaban J connectivity index is 2.43. The summed E-state index contributed by atoms with van der Waals surface area (Å²) in [6.45, 7) is 0.714. The van der Waals surface area contributed by atoms with Gasteiger partial charge >= 0.3 is 0 Å². The summed E-state index contributed by atoms with van der Waals surface area (Å²) in [4.78, 5) is 7.07. The van der Waals surface area contributed by atoms with Gasteiger partial charge in [-0.3, -0.25) is 0 Å². The molecule has 0 unspecified atom stereocenters. The zero-order chi connectivity index (χ0) is 6.97. The topological polar surface area (TPSA) is 57.9 Å². The molecule has 2 heterocycles. The summed E-state index contributed by atoms with van der Waals surface area (Å²) in [7, 11) is 0. The van der Waals surface area contributed by atoms with Gasteiger partial charge in [0, 0.05) is 6.20 Å². The van der Waals surface area contributed by atoms with Gasteiger partial charge in [0.15, 0.2) is 0 Å². The van der Waals surface area contributed by atoms with Crippen LogP contribution < -0.4 is 5.84 Å². The smallest absolute Gasteiger partial charge is 0.0929 e. The van der Waals surface area contributed by atoms with Crippen LogP contribution in [0.1, 0.15) is 11.4 Å². The highest BCUT2D eigenvalue weighted by Gasteiger charge is 2.08. The molecule has 4 nitrogen and oxygen atoms in total. The van der Waals surface area contributed by atoms with E-state index in [2.05, 4.69) is 9.97 Å². The van der Waals surface area contributed by atoms with Crippen LogP contribution in [0.2, 0.25) is 0 Å². The Morgan fingerprint density at radius 3 is 3.50 bits per heavy atom. The standard InChI is InChI=1S/C6H8N4/c7-10-2-1-5-6(3-10)9-4-8-5/h1-2,4H,3,7H2,(H,8,9). The van der Waals surface area contributed by atoms with Gasteiger partial charge in [0.1, 0.15) is 0 Å². The molecule has 0 aliphatic carbocycles. The lowest BCUT2D eigenvalue weighted by Crippen LogP contribution is -2.26. The molecule has 0 aromatic carbocycles. The zero-order valence-electron chi connectivity index (χ0n) is 5.41. The number of H-pyrrole nitrogens is 1. The quantitative estimate of drug-likeness (QED) is 0.496. The number of aromatic nitrogens is 2. The minimum atomic E-state index is 0.714. The van der Waals surface area contributed by atoms with Crippen molar-refractivity contribution >= 4 is 6.08 Å². The van der Waals surface area contributed by atoms with E-state index in [0.717, 1.165) is 11.4 Å². The fourth-order valence-corrected chi connectivity index (χ4v) is 1.00. The molecule has 1 aromatic heterocycles. The summed E-state index contributed by atoms with van der Waals surface area (Å²) in [5, 5.41) is 1.61. The molecule has 3 N–H and O–H groups in total. The normalized spacial score (nSPS) is 15.5. The third-order valence-electron chi connectivity index (χ3n) is 1.52. The van der Waals surface area contributed by atoms with Crippen molar-refractivity contribution in [2.24, 2.45) is 5.84 Å². The highest BCUT2D eigenvalue weighted by molar-refractivity contribution is 5.48. The summed E-state index contributed by atoms with van der Waals surface area (Å²) >= 11 is 0. The summed E-state index contributed by atoms with van der Waals surface area (Å²) in [5.74, 6) is 5.51. The van der Waals surface area contributed by atoms with Crippen molar-refractivity contribution in [3.63, 3.8) is 0 Å². The minimum Gasteiger partial charge on any atom is -0.346 e. The molecule has 1 aromatic rings. The number of nitrogens with two attached hydrogens (primary N) is 1. The van der Waals surface area contributed by atoms with Crippen molar-refractivity contribution in [1.82, 2.24) is 15.0 Å². The van der Waals surface area contributed by atoms with Crippen LogP contribution in [0.5, 0.6) is 0 Å². The number of nitrogens with zero attached hydrogens (tertiary/aromatic N) is 2. The number of hydrogen-bond acceptors (Lipinski definition) is 3. The largest absolute Gasteiger partial charge is 0.346 e. The van der Waals surface area contributed by atoms with Gasteiger partial charge in [0.2, 0.25) is 0 Å². The molecule has 0 bridgehead atoms. The average molecular weight is 136 g/mol. The number of nitrogens with one attached hydrogen (secondary N) is 1. The van der Waals surface area contributed by atoms with Gasteiger partial charge in [0.25, 0.3) is 0 Å². The number of fused-ring (bicyclic) bond motifs is 1. The van der Waals surface area contributed by atoms with Crippen LogP contribution in [0.3, 0.4) is 0 Å². The van der Waals surface area contributed by atoms with E-state index in [4.69, 9.17) is 5.84 Å². The SMILES string of the molecule is NN1C=Cc2nc[nH]c2C1. The molecule has 1 aliphatic heterocycles. The first-order chi connectivity index (χ1) is 4.86. The number of hydrogen-bond donors (Lipinski definition) is 2. The first-order valence-corrected chi connectivity index (χ1v) is 3.08. The third kappa shape index (κ3) is 0.698. The Hall–Kier alpha value is -1.29. The van der Waals surface area contributed by atoms with Crippen LogP contribution in [-0.4, -0.2) is 15.0 Å². The molecule has 2 rings (SSSR count). The summed E-state index contributed by atoms with van der Waals surface area (Å²) in [6.07, 6.45) is 5.37. The Bertz CT molecular complexity index is 262. The lowest BCUT2D eigenvalue weighted by Gasteiger charge is -2.15. The van der Waals surface area contributed by atoms with Gasteiger partial charge in [-0.2, -0.15) is 0 Å². The zero-order valence-corrected chi connectivity index (χ0v) is 5.41. The molecule has 0 saturated heterocycles. The number of imidazole rings is 1. The van der Waals surface area contributed by atoms with E-state index in [9.17, 15) is 0 Å². The summed E-state index contributed by atoms with van der Waals surface area (Å²) in [5.41, 5.74) is 2.06. The Kier molecular flexibility index (Phi) is 1.01. The molecular formula is C6H8N4. The van der Waals surface area contributed by atoms with E-state index in [1.54, 1.807) is 11.3 Å². The van der Waals surface area contributed by atoms with E-state index in [1.807, 2.05) is 12.3 Å². The maximum Gasteiger partial charge on any atom is 0.0929 e. The fraction of sp³-hybridized carbons (Fsp3) is 0.167. The highest BCUT2D eigenvalue weighted by atomic mass is 15.4. The van der Waals surface area contributed by atoms with Gasteiger partial charge in [-0.1, -0.05) is 0 Å². The van der Waals surface area contributed by atoms with Crippen LogP contribution in [0.4, 0.5) is 0 Å². The van der Waals surface area contributed by atoms with E-state index in [1.165, 1.54) is 0 Å². The Morgan fingerprint density at radius 1 is 1.70 bits per heavy atom. The highest BCUT2D eigenvalue weighted by Crippen LogP contribution is 2.11. The maximum atomic E-state index is 5.51. The molecule has 1 aliphatic rings. The first-order valence-electron chi connectivity index (χ1n) is 3.08. The predicted molar refractivity (Wildman–Crippen MR) is 37.4 cm³/mol. The number of aromatic amines is 1.